The minimum atomic E-state index is -0.325. The van der Waals surface area contributed by atoms with E-state index >= 15 is 0 Å². The number of carbonyl (C=O) groups excluding carboxylic acids is 2. The fraction of sp³-hybridized carbons (Fsp3) is 0.615. The lowest BCUT2D eigenvalue weighted by molar-refractivity contribution is -0.143. The minimum Gasteiger partial charge on any atom is -0.497 e. The number of aryl methyl sites for hydroxylation is 1. The van der Waals surface area contributed by atoms with Gasteiger partial charge in [0.1, 0.15) is 5.75 Å². The summed E-state index contributed by atoms with van der Waals surface area (Å²) in [4.78, 5) is 55.1. The Morgan fingerprint density at radius 1 is 0.972 bits per heavy atom. The van der Waals surface area contributed by atoms with Gasteiger partial charge in [-0.1, -0.05) is 0 Å². The molecule has 1 saturated heterocycles. The van der Waals surface area contributed by atoms with E-state index in [4.69, 9.17) is 9.47 Å². The molecule has 10 nitrogen and oxygen atoms in total. The summed E-state index contributed by atoms with van der Waals surface area (Å²) in [6, 6.07) is 5.14. The number of piperazine rings is 1. The molecular weight excluding hydrogens is 464 g/mol. The second-order valence-corrected chi connectivity index (χ2v) is 9.81. The van der Waals surface area contributed by atoms with Crippen LogP contribution in [0.3, 0.4) is 0 Å². The molecule has 2 amide bonds. The van der Waals surface area contributed by atoms with E-state index in [0.29, 0.717) is 62.4 Å². The van der Waals surface area contributed by atoms with Crippen molar-refractivity contribution >= 4 is 22.7 Å². The predicted molar refractivity (Wildman–Crippen MR) is 135 cm³/mol. The van der Waals surface area contributed by atoms with Gasteiger partial charge in [0.2, 0.25) is 11.8 Å². The second-order valence-electron chi connectivity index (χ2n) is 9.81. The lowest BCUT2D eigenvalue weighted by atomic mass is 9.81. The maximum absolute atomic E-state index is 13.2. The fourth-order valence-electron chi connectivity index (χ4n) is 5.42. The zero-order valence-electron chi connectivity index (χ0n) is 21.4. The third-order valence-corrected chi connectivity index (χ3v) is 7.66. The smallest absolute Gasteiger partial charge is 0.331 e. The molecule has 10 heteroatoms. The topological polar surface area (TPSA) is 103 Å². The van der Waals surface area contributed by atoms with Gasteiger partial charge in [0.05, 0.1) is 31.0 Å². The van der Waals surface area contributed by atoms with Crippen molar-refractivity contribution in [1.29, 1.82) is 0 Å². The van der Waals surface area contributed by atoms with Gasteiger partial charge in [0.15, 0.2) is 0 Å². The van der Waals surface area contributed by atoms with Crippen molar-refractivity contribution in [1.82, 2.24) is 18.9 Å². The minimum absolute atomic E-state index is 0.0441. The molecule has 0 N–H and O–H groups in total. The SMILES string of the molecule is COCCC(=O)N1CCN(C(=O)[C@H]2CC[C@H](Cn3c(=O)c4cc(OC)ccc4n(C)c3=O)CC2)CC1. The molecule has 0 atom stereocenters. The van der Waals surface area contributed by atoms with Crippen LogP contribution in [0.25, 0.3) is 10.9 Å². The average Bonchev–Trinajstić information content (AvgIpc) is 2.92. The number of fused-ring (bicyclic) bond motifs is 1. The molecule has 36 heavy (non-hydrogen) atoms. The van der Waals surface area contributed by atoms with Crippen LogP contribution in [0.5, 0.6) is 5.75 Å². The molecule has 196 valence electrons. The number of rotatable bonds is 7. The molecule has 4 rings (SSSR count). The summed E-state index contributed by atoms with van der Waals surface area (Å²) < 4.78 is 13.1. The number of aromatic nitrogens is 2. The Balaban J connectivity index is 1.35. The third kappa shape index (κ3) is 5.33. The number of benzene rings is 1. The molecular formula is C26H36N4O6. The Hall–Kier alpha value is -3.14. The van der Waals surface area contributed by atoms with E-state index < -0.39 is 0 Å². The highest BCUT2D eigenvalue weighted by Crippen LogP contribution is 2.31. The van der Waals surface area contributed by atoms with Crippen molar-refractivity contribution in [3.63, 3.8) is 0 Å². The molecule has 2 fully saturated rings. The number of hydrogen-bond acceptors (Lipinski definition) is 6. The van der Waals surface area contributed by atoms with E-state index in [-0.39, 0.29) is 34.9 Å². The first-order valence-electron chi connectivity index (χ1n) is 12.7. The quantitative estimate of drug-likeness (QED) is 0.567. The first-order chi connectivity index (χ1) is 17.3. The van der Waals surface area contributed by atoms with Crippen molar-refractivity contribution in [2.45, 2.75) is 38.6 Å². The Morgan fingerprint density at radius 2 is 1.64 bits per heavy atom. The van der Waals surface area contributed by atoms with E-state index in [9.17, 15) is 19.2 Å². The van der Waals surface area contributed by atoms with E-state index in [1.807, 2.05) is 4.90 Å². The van der Waals surface area contributed by atoms with Gasteiger partial charge in [-0.3, -0.25) is 23.5 Å². The summed E-state index contributed by atoms with van der Waals surface area (Å²) in [5, 5.41) is 0.458. The summed E-state index contributed by atoms with van der Waals surface area (Å²) in [7, 11) is 4.80. The number of ether oxygens (including phenoxy) is 2. The van der Waals surface area contributed by atoms with Gasteiger partial charge < -0.3 is 19.3 Å². The summed E-state index contributed by atoms with van der Waals surface area (Å²) in [6.07, 6.45) is 3.43. The zero-order valence-corrected chi connectivity index (χ0v) is 21.4. The average molecular weight is 501 g/mol. The highest BCUT2D eigenvalue weighted by atomic mass is 16.5. The van der Waals surface area contributed by atoms with Crippen LogP contribution in [0.2, 0.25) is 0 Å². The van der Waals surface area contributed by atoms with Crippen molar-refractivity contribution < 1.29 is 19.1 Å². The lowest BCUT2D eigenvalue weighted by Crippen LogP contribution is -2.52. The lowest BCUT2D eigenvalue weighted by Gasteiger charge is -2.38. The van der Waals surface area contributed by atoms with Gasteiger partial charge >= 0.3 is 5.69 Å². The van der Waals surface area contributed by atoms with Gasteiger partial charge in [-0.15, -0.1) is 0 Å². The summed E-state index contributed by atoms with van der Waals surface area (Å²) in [5.41, 5.74) is -0.0475. The van der Waals surface area contributed by atoms with Gasteiger partial charge in [0, 0.05) is 52.8 Å². The Bertz CT molecular complexity index is 1220. The number of hydrogen-bond donors (Lipinski definition) is 0. The summed E-state index contributed by atoms with van der Waals surface area (Å²) in [6.45, 7) is 2.99. The zero-order chi connectivity index (χ0) is 25.8. The fourth-order valence-corrected chi connectivity index (χ4v) is 5.42. The summed E-state index contributed by atoms with van der Waals surface area (Å²) in [5.74, 6) is 0.917. The van der Waals surface area contributed by atoms with Crippen LogP contribution < -0.4 is 16.0 Å². The first kappa shape index (κ1) is 25.9. The van der Waals surface area contributed by atoms with Crippen LogP contribution in [0, 0.1) is 11.8 Å². The van der Waals surface area contributed by atoms with Gasteiger partial charge in [-0.25, -0.2) is 4.79 Å². The van der Waals surface area contributed by atoms with E-state index in [2.05, 4.69) is 0 Å². The molecule has 1 aromatic heterocycles. The first-order valence-corrected chi connectivity index (χ1v) is 12.7. The standard InChI is InChI=1S/C26H36N4O6/c1-27-22-9-8-20(36-3)16-21(22)25(33)30(26(27)34)17-18-4-6-19(7-5-18)24(32)29-13-11-28(12-14-29)23(31)10-15-35-2/h8-9,16,18-19H,4-7,10-15,17H2,1-3H3/t18-,19-. The number of carbonyl (C=O) groups is 2. The molecule has 0 radical (unpaired) electrons. The molecule has 1 saturated carbocycles. The largest absolute Gasteiger partial charge is 0.497 e. The molecule has 0 spiro atoms. The maximum atomic E-state index is 13.2. The van der Waals surface area contributed by atoms with Crippen LogP contribution in [0.15, 0.2) is 27.8 Å². The molecule has 2 aliphatic rings. The van der Waals surface area contributed by atoms with Gasteiger partial charge in [-0.05, 0) is 49.8 Å². The van der Waals surface area contributed by atoms with Crippen molar-refractivity contribution in [2.24, 2.45) is 18.9 Å². The normalized spacial score (nSPS) is 20.5. The molecule has 2 aromatic rings. The van der Waals surface area contributed by atoms with E-state index in [0.717, 1.165) is 25.7 Å². The third-order valence-electron chi connectivity index (χ3n) is 7.66. The van der Waals surface area contributed by atoms with Crippen molar-refractivity contribution in [2.75, 3.05) is 47.0 Å². The number of nitrogens with zero attached hydrogens (tertiary/aromatic N) is 4. The van der Waals surface area contributed by atoms with E-state index in [1.165, 1.54) is 9.13 Å². The Morgan fingerprint density at radius 3 is 2.28 bits per heavy atom. The van der Waals surface area contributed by atoms with Crippen LogP contribution in [-0.2, 0) is 27.9 Å². The predicted octanol–water partition coefficient (Wildman–Crippen LogP) is 1.22. The molecule has 1 aliphatic heterocycles. The van der Waals surface area contributed by atoms with Crippen LogP contribution in [0.1, 0.15) is 32.1 Å². The van der Waals surface area contributed by atoms with Crippen molar-refractivity contribution in [3.8, 4) is 5.75 Å². The highest BCUT2D eigenvalue weighted by Gasteiger charge is 2.32. The van der Waals surface area contributed by atoms with Crippen LogP contribution >= 0.6 is 0 Å². The number of methoxy groups -OCH3 is 2. The number of amides is 2. The molecule has 1 aromatic carbocycles. The van der Waals surface area contributed by atoms with Gasteiger partial charge in [0.25, 0.3) is 5.56 Å². The second kappa shape index (κ2) is 11.3. The Kier molecular flexibility index (Phi) is 8.13. The monoisotopic (exact) mass is 500 g/mol. The van der Waals surface area contributed by atoms with Gasteiger partial charge in [-0.2, -0.15) is 0 Å². The van der Waals surface area contributed by atoms with Crippen LogP contribution in [0.4, 0.5) is 0 Å². The molecule has 0 unspecified atom stereocenters. The summed E-state index contributed by atoms with van der Waals surface area (Å²) >= 11 is 0. The Labute approximate surface area is 210 Å². The van der Waals surface area contributed by atoms with Crippen molar-refractivity contribution in [3.05, 3.63) is 39.0 Å². The van der Waals surface area contributed by atoms with Crippen LogP contribution in [-0.4, -0.2) is 77.8 Å². The highest BCUT2D eigenvalue weighted by molar-refractivity contribution is 5.80. The van der Waals surface area contributed by atoms with E-state index in [1.54, 1.807) is 44.4 Å². The molecule has 1 aliphatic carbocycles. The maximum Gasteiger partial charge on any atom is 0.331 e. The molecule has 2 heterocycles. The molecule has 0 bridgehead atoms.